The highest BCUT2D eigenvalue weighted by Gasteiger charge is 2.22. The van der Waals surface area contributed by atoms with Gasteiger partial charge in [0.15, 0.2) is 5.65 Å². The molecule has 0 radical (unpaired) electrons. The number of fused-ring (bicyclic) bond motifs is 1. The van der Waals surface area contributed by atoms with Gasteiger partial charge in [-0.3, -0.25) is 0 Å². The summed E-state index contributed by atoms with van der Waals surface area (Å²) in [6, 6.07) is 2.16. The minimum atomic E-state index is -0.266. The molecule has 0 aromatic carbocycles. The van der Waals surface area contributed by atoms with E-state index in [1.165, 1.54) is 17.1 Å². The van der Waals surface area contributed by atoms with E-state index in [1.807, 2.05) is 6.07 Å². The zero-order chi connectivity index (χ0) is 12.5. The Hall–Kier alpha value is -1.89. The third-order valence-corrected chi connectivity index (χ3v) is 3.49. The van der Waals surface area contributed by atoms with Crippen molar-refractivity contribution in [3.8, 4) is 0 Å². The van der Waals surface area contributed by atoms with Gasteiger partial charge in [0.25, 0.3) is 0 Å². The molecule has 0 bridgehead atoms. The van der Waals surface area contributed by atoms with Crippen LogP contribution in [-0.4, -0.2) is 38.7 Å². The number of nitrogens with one attached hydrogen (secondary N) is 1. The molecule has 1 fully saturated rings. The second-order valence-corrected chi connectivity index (χ2v) is 4.58. The maximum Gasteiger partial charge on any atom is 0.348 e. The molecule has 7 nitrogen and oxygen atoms in total. The van der Waals surface area contributed by atoms with Crippen LogP contribution in [0.3, 0.4) is 0 Å². The molecule has 1 atom stereocenters. The van der Waals surface area contributed by atoms with E-state index in [4.69, 9.17) is 5.73 Å². The molecule has 2 aromatic rings. The van der Waals surface area contributed by atoms with E-state index < -0.39 is 0 Å². The first-order valence-corrected chi connectivity index (χ1v) is 6.19. The smallest absolute Gasteiger partial charge is 0.348 e. The highest BCUT2D eigenvalue weighted by Crippen LogP contribution is 2.22. The lowest BCUT2D eigenvalue weighted by atomic mass is 10.0. The predicted octanol–water partition coefficient (Wildman–Crippen LogP) is -0.265. The number of hydrogen-bond acceptors (Lipinski definition) is 5. The molecule has 3 rings (SSSR count). The van der Waals surface area contributed by atoms with Gasteiger partial charge in [0, 0.05) is 25.2 Å². The van der Waals surface area contributed by atoms with Crippen molar-refractivity contribution < 1.29 is 0 Å². The number of aromatic nitrogens is 4. The molecule has 7 heteroatoms. The van der Waals surface area contributed by atoms with Gasteiger partial charge >= 0.3 is 5.69 Å². The number of piperidine rings is 1. The zero-order valence-electron chi connectivity index (χ0n) is 10.0. The van der Waals surface area contributed by atoms with E-state index in [1.54, 1.807) is 0 Å². The molecule has 0 amide bonds. The summed E-state index contributed by atoms with van der Waals surface area (Å²) in [5, 5.41) is 6.36. The van der Waals surface area contributed by atoms with Gasteiger partial charge in [-0.1, -0.05) is 0 Å². The molecule has 1 aliphatic rings. The lowest BCUT2D eigenvalue weighted by molar-refractivity contribution is 0.462. The highest BCUT2D eigenvalue weighted by atomic mass is 16.1. The molecular formula is C11H16N6O. The first kappa shape index (κ1) is 11.2. The molecular weight excluding hydrogens is 232 g/mol. The lowest BCUT2D eigenvalue weighted by Crippen LogP contribution is -2.44. The van der Waals surface area contributed by atoms with E-state index in [-0.39, 0.29) is 5.69 Å². The Balaban J connectivity index is 1.99. The summed E-state index contributed by atoms with van der Waals surface area (Å²) in [6.45, 7) is 1.58. The second kappa shape index (κ2) is 4.41. The number of aromatic amines is 1. The third-order valence-electron chi connectivity index (χ3n) is 3.49. The summed E-state index contributed by atoms with van der Waals surface area (Å²) in [6.07, 6.45) is 4.97. The van der Waals surface area contributed by atoms with Crippen LogP contribution in [0, 0.1) is 0 Å². The van der Waals surface area contributed by atoms with Crippen molar-refractivity contribution in [1.82, 2.24) is 19.6 Å². The fraction of sp³-hybridized carbons (Fsp3) is 0.545. The van der Waals surface area contributed by atoms with Crippen LogP contribution in [-0.2, 0) is 0 Å². The molecule has 3 heterocycles. The van der Waals surface area contributed by atoms with E-state index in [0.29, 0.717) is 18.2 Å². The monoisotopic (exact) mass is 248 g/mol. The number of nitrogens with zero attached hydrogens (tertiary/aromatic N) is 4. The molecule has 0 spiro atoms. The average molecular weight is 248 g/mol. The predicted molar refractivity (Wildman–Crippen MR) is 67.6 cm³/mol. The van der Waals surface area contributed by atoms with Crippen molar-refractivity contribution in [3.63, 3.8) is 0 Å². The largest absolute Gasteiger partial charge is 0.352 e. The van der Waals surface area contributed by atoms with E-state index >= 15 is 0 Å². The minimum Gasteiger partial charge on any atom is -0.352 e. The van der Waals surface area contributed by atoms with Gasteiger partial charge in [0.05, 0.1) is 0 Å². The topological polar surface area (TPSA) is 92.3 Å². The number of rotatable bonds is 2. The van der Waals surface area contributed by atoms with Gasteiger partial charge in [-0.05, 0) is 19.3 Å². The Morgan fingerprint density at radius 3 is 3.22 bits per heavy atom. The number of nitrogens with two attached hydrogens (primary N) is 1. The molecule has 1 saturated heterocycles. The van der Waals surface area contributed by atoms with Crippen molar-refractivity contribution in [2.75, 3.05) is 18.0 Å². The molecule has 0 saturated carbocycles. The molecule has 96 valence electrons. The Bertz CT molecular complexity index is 603. The standard InChI is InChI=1S/C11H16N6O/c12-6-8-3-1-2-4-16(8)9-5-10-14-15-11(18)17(10)7-13-9/h5,7-8H,1-4,6,12H2,(H,15,18). The fourth-order valence-corrected chi connectivity index (χ4v) is 2.50. The molecule has 3 N–H and O–H groups in total. The van der Waals surface area contributed by atoms with Gasteiger partial charge in [0.1, 0.15) is 12.1 Å². The Kier molecular flexibility index (Phi) is 2.75. The summed E-state index contributed by atoms with van der Waals surface area (Å²) >= 11 is 0. The van der Waals surface area contributed by atoms with E-state index in [0.717, 1.165) is 25.2 Å². The number of H-pyrrole nitrogens is 1. The first-order valence-electron chi connectivity index (χ1n) is 6.19. The Morgan fingerprint density at radius 2 is 2.39 bits per heavy atom. The summed E-state index contributed by atoms with van der Waals surface area (Å²) < 4.78 is 1.39. The van der Waals surface area contributed by atoms with Gasteiger partial charge in [-0.15, -0.1) is 0 Å². The Labute approximate surface area is 104 Å². The van der Waals surface area contributed by atoms with Crippen LogP contribution < -0.4 is 16.3 Å². The third kappa shape index (κ3) is 1.76. The summed E-state index contributed by atoms with van der Waals surface area (Å²) in [5.41, 5.74) is 6.12. The van der Waals surface area contributed by atoms with Gasteiger partial charge in [-0.2, -0.15) is 5.10 Å². The van der Waals surface area contributed by atoms with Crippen LogP contribution in [0.25, 0.3) is 5.65 Å². The van der Waals surface area contributed by atoms with Gasteiger partial charge in [0.2, 0.25) is 0 Å². The first-order chi connectivity index (χ1) is 8.79. The van der Waals surface area contributed by atoms with Gasteiger partial charge < -0.3 is 10.6 Å². The summed E-state index contributed by atoms with van der Waals surface area (Å²) in [7, 11) is 0. The quantitative estimate of drug-likeness (QED) is 0.763. The number of hydrogen-bond donors (Lipinski definition) is 2. The summed E-state index contributed by atoms with van der Waals surface area (Å²) in [4.78, 5) is 17.9. The molecule has 0 aliphatic carbocycles. The van der Waals surface area contributed by atoms with Crippen LogP contribution >= 0.6 is 0 Å². The van der Waals surface area contributed by atoms with Crippen molar-refractivity contribution in [2.24, 2.45) is 5.73 Å². The normalized spacial score (nSPS) is 20.5. The molecule has 1 aliphatic heterocycles. The second-order valence-electron chi connectivity index (χ2n) is 4.58. The minimum absolute atomic E-state index is 0.266. The maximum absolute atomic E-state index is 11.4. The van der Waals surface area contributed by atoms with E-state index in [2.05, 4.69) is 20.1 Å². The summed E-state index contributed by atoms with van der Waals surface area (Å²) in [5.74, 6) is 0.844. The fourth-order valence-electron chi connectivity index (χ4n) is 2.50. The van der Waals surface area contributed by atoms with Crippen LogP contribution in [0.1, 0.15) is 19.3 Å². The van der Waals surface area contributed by atoms with Crippen molar-refractivity contribution in [1.29, 1.82) is 0 Å². The maximum atomic E-state index is 11.4. The lowest BCUT2D eigenvalue weighted by Gasteiger charge is -2.35. The molecule has 1 unspecified atom stereocenters. The van der Waals surface area contributed by atoms with Crippen LogP contribution in [0.15, 0.2) is 17.2 Å². The van der Waals surface area contributed by atoms with Gasteiger partial charge in [-0.25, -0.2) is 19.3 Å². The molecule has 2 aromatic heterocycles. The molecule has 18 heavy (non-hydrogen) atoms. The number of anilines is 1. The SMILES string of the molecule is NCC1CCCCN1c1cc2n[nH]c(=O)n2cn1. The van der Waals surface area contributed by atoms with E-state index in [9.17, 15) is 4.79 Å². The van der Waals surface area contributed by atoms with Crippen molar-refractivity contribution in [2.45, 2.75) is 25.3 Å². The zero-order valence-corrected chi connectivity index (χ0v) is 10.0. The van der Waals surface area contributed by atoms with Crippen LogP contribution in [0.4, 0.5) is 5.82 Å². The van der Waals surface area contributed by atoms with Crippen LogP contribution in [0.2, 0.25) is 0 Å². The Morgan fingerprint density at radius 1 is 1.50 bits per heavy atom. The van der Waals surface area contributed by atoms with Crippen molar-refractivity contribution in [3.05, 3.63) is 22.9 Å². The van der Waals surface area contributed by atoms with Crippen molar-refractivity contribution >= 4 is 11.5 Å². The average Bonchev–Trinajstić information content (AvgIpc) is 2.80. The van der Waals surface area contributed by atoms with Crippen LogP contribution in [0.5, 0.6) is 0 Å². The highest BCUT2D eigenvalue weighted by molar-refractivity contribution is 5.51.